The maximum Gasteiger partial charge on any atom is 0.319 e. The number of hydrogen-bond donors (Lipinski definition) is 2. The Hall–Kier alpha value is -0.640. The van der Waals surface area contributed by atoms with Crippen LogP contribution in [0, 0.1) is 0 Å². The fourth-order valence-electron chi connectivity index (χ4n) is 1.93. The first-order chi connectivity index (χ1) is 6.81. The van der Waals surface area contributed by atoms with Crippen LogP contribution in [0.2, 0.25) is 0 Å². The molecule has 0 bridgehead atoms. The second kappa shape index (κ2) is 4.26. The summed E-state index contributed by atoms with van der Waals surface area (Å²) in [7, 11) is 0. The molecule has 2 aliphatic rings. The Morgan fingerprint density at radius 1 is 1.50 bits per heavy atom. The van der Waals surface area contributed by atoms with Crippen LogP contribution in [0.4, 0.5) is 4.79 Å². The summed E-state index contributed by atoms with van der Waals surface area (Å²) in [5, 5.41) is 8.41. The number of unbranched alkanes of at least 4 members (excludes halogenated alkanes) is 2. The van der Waals surface area contributed by atoms with Gasteiger partial charge in [0, 0.05) is 10.9 Å². The van der Waals surface area contributed by atoms with Gasteiger partial charge in [-0.3, -0.25) is 0 Å². The van der Waals surface area contributed by atoms with Crippen LogP contribution in [-0.2, 0) is 0 Å². The van der Waals surface area contributed by atoms with Gasteiger partial charge >= 0.3 is 6.03 Å². The summed E-state index contributed by atoms with van der Waals surface area (Å²) in [6, 6.07) is 0.214. The summed E-state index contributed by atoms with van der Waals surface area (Å²) in [4.78, 5) is 11.1. The number of rotatable bonds is 4. The van der Waals surface area contributed by atoms with E-state index in [1.165, 1.54) is 25.7 Å². The molecule has 14 heavy (non-hydrogen) atoms. The minimum atomic E-state index is -0.0398. The van der Waals surface area contributed by atoms with Crippen molar-refractivity contribution in [3.8, 4) is 0 Å². The number of nitrogens with one attached hydrogen (secondary N) is 2. The lowest BCUT2D eigenvalue weighted by molar-refractivity contribution is 0.247. The van der Waals surface area contributed by atoms with Gasteiger partial charge < -0.3 is 10.6 Å². The van der Waals surface area contributed by atoms with Crippen LogP contribution in [-0.4, -0.2) is 17.3 Å². The fraction of sp³-hybridized carbons (Fsp3) is 0.700. The smallest absolute Gasteiger partial charge is 0.319 e. The molecule has 0 aromatic heterocycles. The normalized spacial score (nSPS) is 29.5. The molecule has 0 aromatic rings. The van der Waals surface area contributed by atoms with Gasteiger partial charge in [0.05, 0.1) is 6.04 Å². The van der Waals surface area contributed by atoms with E-state index in [-0.39, 0.29) is 12.1 Å². The molecule has 2 atom stereocenters. The fourth-order valence-corrected chi connectivity index (χ4v) is 3.13. The highest BCUT2D eigenvalue weighted by Gasteiger charge is 2.36. The van der Waals surface area contributed by atoms with Crippen molar-refractivity contribution in [2.24, 2.45) is 0 Å². The summed E-state index contributed by atoms with van der Waals surface area (Å²) in [6.45, 7) is 2.21. The van der Waals surface area contributed by atoms with Gasteiger partial charge in [0.25, 0.3) is 0 Å². The highest BCUT2D eigenvalue weighted by Crippen LogP contribution is 2.34. The highest BCUT2D eigenvalue weighted by atomic mass is 32.2. The second-order valence-electron chi connectivity index (χ2n) is 3.82. The summed E-state index contributed by atoms with van der Waals surface area (Å²) < 4.78 is 0. The van der Waals surface area contributed by atoms with Gasteiger partial charge in [-0.25, -0.2) is 4.79 Å². The molecule has 2 aliphatic heterocycles. The SMILES string of the molecule is CCCCC[C@H]1SC=C2NC(=O)N[C@@H]21. The molecule has 1 fully saturated rings. The largest absolute Gasteiger partial charge is 0.328 e. The first kappa shape index (κ1) is 9.90. The standard InChI is InChI=1S/C10H16N2OS/c1-2-3-4-5-8-9-7(6-14-8)11-10(13)12-9/h6,8-9H,2-5H2,1H3,(H2,11,12,13)/t8-,9+/m1/s1. The van der Waals surface area contributed by atoms with Gasteiger partial charge in [0.2, 0.25) is 0 Å². The van der Waals surface area contributed by atoms with Gasteiger partial charge in [-0.05, 0) is 11.8 Å². The highest BCUT2D eigenvalue weighted by molar-refractivity contribution is 8.03. The van der Waals surface area contributed by atoms with Crippen LogP contribution in [0.25, 0.3) is 0 Å². The van der Waals surface area contributed by atoms with Gasteiger partial charge in [-0.15, -0.1) is 11.8 Å². The van der Waals surface area contributed by atoms with Crippen molar-refractivity contribution < 1.29 is 4.79 Å². The predicted molar refractivity (Wildman–Crippen MR) is 59.1 cm³/mol. The van der Waals surface area contributed by atoms with E-state index in [0.717, 1.165) is 5.70 Å². The Morgan fingerprint density at radius 2 is 2.36 bits per heavy atom. The monoisotopic (exact) mass is 212 g/mol. The number of amides is 2. The lowest BCUT2D eigenvalue weighted by Gasteiger charge is -2.15. The van der Waals surface area contributed by atoms with Gasteiger partial charge in [-0.2, -0.15) is 0 Å². The molecular weight excluding hydrogens is 196 g/mol. The number of urea groups is 1. The Kier molecular flexibility index (Phi) is 3.01. The van der Waals surface area contributed by atoms with Crippen LogP contribution in [0.15, 0.2) is 11.1 Å². The molecule has 3 nitrogen and oxygen atoms in total. The first-order valence-electron chi connectivity index (χ1n) is 5.24. The molecule has 0 radical (unpaired) electrons. The third kappa shape index (κ3) is 1.90. The van der Waals surface area contributed by atoms with Crippen molar-refractivity contribution in [2.45, 2.75) is 43.9 Å². The zero-order valence-electron chi connectivity index (χ0n) is 8.38. The van der Waals surface area contributed by atoms with Crippen LogP contribution in [0.1, 0.15) is 32.6 Å². The van der Waals surface area contributed by atoms with Crippen molar-refractivity contribution >= 4 is 17.8 Å². The summed E-state index contributed by atoms with van der Waals surface area (Å²) >= 11 is 1.85. The van der Waals surface area contributed by atoms with Gasteiger partial charge in [0.1, 0.15) is 0 Å². The van der Waals surface area contributed by atoms with Crippen molar-refractivity contribution in [1.82, 2.24) is 10.6 Å². The quantitative estimate of drug-likeness (QED) is 0.701. The Morgan fingerprint density at radius 3 is 3.14 bits per heavy atom. The average Bonchev–Trinajstić information content (AvgIpc) is 2.66. The molecule has 0 aromatic carbocycles. The molecular formula is C10H16N2OS. The third-order valence-electron chi connectivity index (χ3n) is 2.71. The zero-order valence-corrected chi connectivity index (χ0v) is 9.19. The van der Waals surface area contributed by atoms with E-state index in [9.17, 15) is 4.79 Å². The number of fused-ring (bicyclic) bond motifs is 1. The molecule has 0 unspecified atom stereocenters. The van der Waals surface area contributed by atoms with E-state index in [1.807, 2.05) is 11.8 Å². The number of thioether (sulfide) groups is 1. The molecule has 78 valence electrons. The number of carbonyl (C=O) groups is 1. The predicted octanol–water partition coefficient (Wildman–Crippen LogP) is 2.20. The molecule has 4 heteroatoms. The lowest BCUT2D eigenvalue weighted by Crippen LogP contribution is -2.33. The van der Waals surface area contributed by atoms with E-state index in [2.05, 4.69) is 23.0 Å². The summed E-state index contributed by atoms with van der Waals surface area (Å²) in [5.74, 6) is 0. The van der Waals surface area contributed by atoms with E-state index in [4.69, 9.17) is 0 Å². The van der Waals surface area contributed by atoms with Crippen LogP contribution in [0.5, 0.6) is 0 Å². The molecule has 0 saturated carbocycles. The maximum atomic E-state index is 11.1. The molecule has 2 heterocycles. The van der Waals surface area contributed by atoms with E-state index >= 15 is 0 Å². The van der Waals surface area contributed by atoms with Crippen molar-refractivity contribution in [3.05, 3.63) is 11.1 Å². The maximum absolute atomic E-state index is 11.1. The summed E-state index contributed by atoms with van der Waals surface area (Å²) in [6.07, 6.45) is 5.01. The van der Waals surface area contributed by atoms with E-state index in [0.29, 0.717) is 5.25 Å². The Balaban J connectivity index is 1.83. The van der Waals surface area contributed by atoms with Crippen LogP contribution < -0.4 is 10.6 Å². The first-order valence-corrected chi connectivity index (χ1v) is 6.18. The van der Waals surface area contributed by atoms with E-state index < -0.39 is 0 Å². The molecule has 1 saturated heterocycles. The molecule has 0 spiro atoms. The lowest BCUT2D eigenvalue weighted by atomic mass is 10.1. The topological polar surface area (TPSA) is 41.1 Å². The van der Waals surface area contributed by atoms with Gasteiger partial charge in [-0.1, -0.05) is 26.2 Å². The van der Waals surface area contributed by atoms with E-state index in [1.54, 1.807) is 0 Å². The van der Waals surface area contributed by atoms with Crippen molar-refractivity contribution in [1.29, 1.82) is 0 Å². The van der Waals surface area contributed by atoms with Crippen molar-refractivity contribution in [3.63, 3.8) is 0 Å². The molecule has 0 aliphatic carbocycles. The summed E-state index contributed by atoms with van der Waals surface area (Å²) in [5.41, 5.74) is 1.07. The molecule has 2 rings (SSSR count). The zero-order chi connectivity index (χ0) is 9.97. The minimum Gasteiger partial charge on any atom is -0.328 e. The third-order valence-corrected chi connectivity index (χ3v) is 3.96. The Bertz CT molecular complexity index is 265. The van der Waals surface area contributed by atoms with Crippen LogP contribution in [0.3, 0.4) is 0 Å². The van der Waals surface area contributed by atoms with Crippen molar-refractivity contribution in [2.75, 3.05) is 0 Å². The van der Waals surface area contributed by atoms with Crippen LogP contribution >= 0.6 is 11.8 Å². The minimum absolute atomic E-state index is 0.0398. The van der Waals surface area contributed by atoms with Gasteiger partial charge in [0.15, 0.2) is 0 Å². The molecule has 2 N–H and O–H groups in total. The second-order valence-corrected chi connectivity index (χ2v) is 4.93. The average molecular weight is 212 g/mol. The molecule has 2 amide bonds. The Labute approximate surface area is 88.7 Å². The number of hydrogen-bond acceptors (Lipinski definition) is 2. The number of carbonyl (C=O) groups excluding carboxylic acids is 1.